The van der Waals surface area contributed by atoms with Crippen molar-refractivity contribution in [2.24, 2.45) is 11.3 Å². The average Bonchev–Trinajstić information content (AvgIpc) is 2.37. The van der Waals surface area contributed by atoms with Crippen molar-refractivity contribution in [3.8, 4) is 5.75 Å². The third-order valence-corrected chi connectivity index (χ3v) is 4.15. The summed E-state index contributed by atoms with van der Waals surface area (Å²) >= 11 is 0. The molecule has 0 aliphatic heterocycles. The van der Waals surface area contributed by atoms with Crippen molar-refractivity contribution in [2.45, 2.75) is 46.1 Å². The molecule has 2 atom stereocenters. The first-order valence-electron chi connectivity index (χ1n) is 7.97. The van der Waals surface area contributed by atoms with Gasteiger partial charge < -0.3 is 14.8 Å². The summed E-state index contributed by atoms with van der Waals surface area (Å²) in [4.78, 5) is 0. The Morgan fingerprint density at radius 3 is 2.76 bits per heavy atom. The second-order valence-electron chi connectivity index (χ2n) is 7.12. The molecule has 0 heterocycles. The maximum atomic E-state index is 5.67. The van der Waals surface area contributed by atoms with Crippen molar-refractivity contribution < 1.29 is 9.47 Å². The lowest BCUT2D eigenvalue weighted by Gasteiger charge is -2.39. The molecule has 3 heteroatoms. The molecular formula is C18H29NO2. The molecule has 1 saturated carbocycles. The number of rotatable bonds is 6. The Hall–Kier alpha value is -1.22. The largest absolute Gasteiger partial charge is 0.491 e. The highest BCUT2D eigenvalue weighted by atomic mass is 16.5. The molecule has 0 bridgehead atoms. The van der Waals surface area contributed by atoms with Crippen LogP contribution >= 0.6 is 0 Å². The van der Waals surface area contributed by atoms with E-state index in [1.807, 2.05) is 12.1 Å². The van der Waals surface area contributed by atoms with Gasteiger partial charge in [0.15, 0.2) is 0 Å². The Labute approximate surface area is 129 Å². The van der Waals surface area contributed by atoms with Gasteiger partial charge in [-0.1, -0.05) is 26.8 Å². The molecule has 1 aliphatic rings. The number of methoxy groups -OCH3 is 1. The number of nitrogens with one attached hydrogen (secondary N) is 1. The Morgan fingerprint density at radius 2 is 2.05 bits per heavy atom. The minimum atomic E-state index is 0.432. The lowest BCUT2D eigenvalue weighted by molar-refractivity contribution is 0.146. The predicted molar refractivity (Wildman–Crippen MR) is 88.0 cm³/mol. The summed E-state index contributed by atoms with van der Waals surface area (Å²) in [7, 11) is 1.69. The normalized spacial score (nSPS) is 24.6. The van der Waals surface area contributed by atoms with Gasteiger partial charge in [-0.2, -0.15) is 0 Å². The summed E-state index contributed by atoms with van der Waals surface area (Å²) in [5, 5.41) is 3.69. The number of anilines is 1. The summed E-state index contributed by atoms with van der Waals surface area (Å²) in [5.41, 5.74) is 1.59. The fraction of sp³-hybridized carbons (Fsp3) is 0.667. The molecule has 118 valence electrons. The van der Waals surface area contributed by atoms with Gasteiger partial charge in [-0.3, -0.25) is 0 Å². The van der Waals surface area contributed by atoms with Crippen molar-refractivity contribution >= 4 is 5.69 Å². The van der Waals surface area contributed by atoms with Gasteiger partial charge in [0, 0.05) is 24.9 Å². The van der Waals surface area contributed by atoms with Crippen molar-refractivity contribution in [2.75, 3.05) is 25.6 Å². The highest BCUT2D eigenvalue weighted by Gasteiger charge is 2.31. The third-order valence-electron chi connectivity index (χ3n) is 4.15. The SMILES string of the molecule is COCCOc1cccc(NC2CC(C)CC(C)(C)C2)c1. The van der Waals surface area contributed by atoms with E-state index in [1.54, 1.807) is 7.11 Å². The van der Waals surface area contributed by atoms with Crippen LogP contribution in [0, 0.1) is 11.3 Å². The number of benzene rings is 1. The van der Waals surface area contributed by atoms with Crippen LogP contribution in [0.5, 0.6) is 5.75 Å². The zero-order valence-electron chi connectivity index (χ0n) is 13.8. The Kier molecular flexibility index (Phi) is 5.51. The fourth-order valence-corrected chi connectivity index (χ4v) is 3.61. The first-order valence-corrected chi connectivity index (χ1v) is 7.97. The smallest absolute Gasteiger partial charge is 0.121 e. The second kappa shape index (κ2) is 7.17. The minimum absolute atomic E-state index is 0.432. The van der Waals surface area contributed by atoms with Crippen LogP contribution in [0.4, 0.5) is 5.69 Å². The lowest BCUT2D eigenvalue weighted by atomic mass is 9.70. The van der Waals surface area contributed by atoms with E-state index in [1.165, 1.54) is 19.3 Å². The summed E-state index contributed by atoms with van der Waals surface area (Å²) in [5.74, 6) is 1.69. The quantitative estimate of drug-likeness (QED) is 0.791. The molecule has 0 radical (unpaired) electrons. The van der Waals surface area contributed by atoms with Gasteiger partial charge in [0.2, 0.25) is 0 Å². The minimum Gasteiger partial charge on any atom is -0.491 e. The standard InChI is InChI=1S/C18H29NO2/c1-14-10-16(13-18(2,3)12-14)19-15-6-5-7-17(11-15)21-9-8-20-4/h5-7,11,14,16,19H,8-10,12-13H2,1-4H3. The zero-order valence-corrected chi connectivity index (χ0v) is 13.8. The molecule has 1 aliphatic carbocycles. The van der Waals surface area contributed by atoms with Crippen LogP contribution < -0.4 is 10.1 Å². The van der Waals surface area contributed by atoms with Gasteiger partial charge >= 0.3 is 0 Å². The molecular weight excluding hydrogens is 262 g/mol. The maximum absolute atomic E-state index is 5.67. The Balaban J connectivity index is 1.94. The van der Waals surface area contributed by atoms with Crippen LogP contribution in [0.1, 0.15) is 40.0 Å². The molecule has 1 fully saturated rings. The molecule has 2 rings (SSSR count). The topological polar surface area (TPSA) is 30.5 Å². The molecule has 0 spiro atoms. The number of hydrogen-bond acceptors (Lipinski definition) is 3. The molecule has 3 nitrogen and oxygen atoms in total. The van der Waals surface area contributed by atoms with Gasteiger partial charge in [-0.15, -0.1) is 0 Å². The zero-order chi connectivity index (χ0) is 15.3. The summed E-state index contributed by atoms with van der Waals surface area (Å²) in [6.45, 7) is 8.32. The van der Waals surface area contributed by atoms with Gasteiger partial charge in [-0.05, 0) is 42.7 Å². The molecule has 0 saturated heterocycles. The first kappa shape index (κ1) is 16.2. The molecule has 1 aromatic rings. The average molecular weight is 291 g/mol. The Morgan fingerprint density at radius 1 is 1.24 bits per heavy atom. The van der Waals surface area contributed by atoms with E-state index in [0.29, 0.717) is 24.7 Å². The fourth-order valence-electron chi connectivity index (χ4n) is 3.61. The lowest BCUT2D eigenvalue weighted by Crippen LogP contribution is -2.35. The van der Waals surface area contributed by atoms with Gasteiger partial charge in [0.25, 0.3) is 0 Å². The van der Waals surface area contributed by atoms with Crippen LogP contribution in [-0.2, 0) is 4.74 Å². The molecule has 1 aromatic carbocycles. The van der Waals surface area contributed by atoms with Crippen LogP contribution in [0.2, 0.25) is 0 Å². The second-order valence-corrected chi connectivity index (χ2v) is 7.12. The van der Waals surface area contributed by atoms with E-state index in [2.05, 4.69) is 38.2 Å². The first-order chi connectivity index (χ1) is 9.98. The Bertz CT molecular complexity index is 445. The van der Waals surface area contributed by atoms with Gasteiger partial charge in [-0.25, -0.2) is 0 Å². The molecule has 2 unspecified atom stereocenters. The van der Waals surface area contributed by atoms with Crippen molar-refractivity contribution in [1.82, 2.24) is 0 Å². The van der Waals surface area contributed by atoms with E-state index in [-0.39, 0.29) is 0 Å². The van der Waals surface area contributed by atoms with E-state index < -0.39 is 0 Å². The maximum Gasteiger partial charge on any atom is 0.121 e. The van der Waals surface area contributed by atoms with Crippen LogP contribution in [0.15, 0.2) is 24.3 Å². The molecule has 0 amide bonds. The summed E-state index contributed by atoms with van der Waals surface area (Å²) in [6.07, 6.45) is 3.80. The van der Waals surface area contributed by atoms with E-state index >= 15 is 0 Å². The number of ether oxygens (including phenoxy) is 2. The monoisotopic (exact) mass is 291 g/mol. The van der Waals surface area contributed by atoms with E-state index in [9.17, 15) is 0 Å². The van der Waals surface area contributed by atoms with Crippen molar-refractivity contribution in [3.63, 3.8) is 0 Å². The summed E-state index contributed by atoms with van der Waals surface area (Å²) in [6, 6.07) is 8.80. The van der Waals surface area contributed by atoms with Crippen molar-refractivity contribution in [3.05, 3.63) is 24.3 Å². The van der Waals surface area contributed by atoms with Crippen molar-refractivity contribution in [1.29, 1.82) is 0 Å². The highest BCUT2D eigenvalue weighted by molar-refractivity contribution is 5.49. The molecule has 1 N–H and O–H groups in total. The molecule has 0 aromatic heterocycles. The van der Waals surface area contributed by atoms with Crippen LogP contribution in [0.25, 0.3) is 0 Å². The van der Waals surface area contributed by atoms with Gasteiger partial charge in [0.05, 0.1) is 6.61 Å². The van der Waals surface area contributed by atoms with E-state index in [0.717, 1.165) is 17.4 Å². The van der Waals surface area contributed by atoms with Crippen LogP contribution in [0.3, 0.4) is 0 Å². The summed E-state index contributed by atoms with van der Waals surface area (Å²) < 4.78 is 10.7. The predicted octanol–water partition coefficient (Wildman–Crippen LogP) is 4.34. The number of hydrogen-bond donors (Lipinski definition) is 1. The molecule has 21 heavy (non-hydrogen) atoms. The van der Waals surface area contributed by atoms with E-state index in [4.69, 9.17) is 9.47 Å². The highest BCUT2D eigenvalue weighted by Crippen LogP contribution is 2.39. The van der Waals surface area contributed by atoms with Crippen LogP contribution in [-0.4, -0.2) is 26.4 Å². The third kappa shape index (κ3) is 5.24. The van der Waals surface area contributed by atoms with Gasteiger partial charge in [0.1, 0.15) is 12.4 Å².